The molecular weight excluding hydrogens is 272 g/mol. The largest absolute Gasteiger partial charge is 0.480 e. The van der Waals surface area contributed by atoms with Crippen LogP contribution in [0, 0.1) is 0 Å². The average molecular weight is 292 g/mol. The predicted molar refractivity (Wildman–Crippen MR) is 76.5 cm³/mol. The molecule has 0 aromatic heterocycles. The monoisotopic (exact) mass is 292 g/mol. The molecule has 0 saturated carbocycles. The van der Waals surface area contributed by atoms with Crippen LogP contribution in [0.2, 0.25) is 0 Å². The molecule has 0 bridgehead atoms. The number of urea groups is 1. The minimum absolute atomic E-state index is 0.246. The van der Waals surface area contributed by atoms with E-state index in [-0.39, 0.29) is 6.03 Å². The van der Waals surface area contributed by atoms with E-state index in [4.69, 9.17) is 5.11 Å². The summed E-state index contributed by atoms with van der Waals surface area (Å²) in [5.74, 6) is 2.48. The molecule has 2 N–H and O–H groups in total. The Morgan fingerprint density at radius 3 is 3.00 bits per heavy atom. The lowest BCUT2D eigenvalue weighted by atomic mass is 10.3. The average Bonchev–Trinajstić information content (AvgIpc) is 2.38. The van der Waals surface area contributed by atoms with Gasteiger partial charge in [0.2, 0.25) is 0 Å². The first-order valence-electron chi connectivity index (χ1n) is 6.09. The van der Waals surface area contributed by atoms with E-state index in [0.29, 0.717) is 18.8 Å². The third-order valence-corrected chi connectivity index (χ3v) is 4.63. The molecule has 2 amide bonds. The molecule has 0 aromatic carbocycles. The summed E-state index contributed by atoms with van der Waals surface area (Å²) in [4.78, 5) is 24.4. The summed E-state index contributed by atoms with van der Waals surface area (Å²) in [5, 5.41) is 11.9. The standard InChI is InChI=1S/C11H20N2O3S2/c1-2-17-6-3-4-12-11(16)13-5-7-18-8-9(13)10(14)15/h9H,2-8H2,1H3,(H,12,16)(H,14,15). The van der Waals surface area contributed by atoms with Crippen LogP contribution in [0.4, 0.5) is 4.79 Å². The highest BCUT2D eigenvalue weighted by atomic mass is 32.2. The van der Waals surface area contributed by atoms with E-state index in [1.165, 1.54) is 4.90 Å². The minimum atomic E-state index is -0.918. The number of carbonyl (C=O) groups is 2. The number of hydrogen-bond acceptors (Lipinski definition) is 4. The third kappa shape index (κ3) is 4.97. The van der Waals surface area contributed by atoms with Gasteiger partial charge in [0, 0.05) is 24.6 Å². The SMILES string of the molecule is CCSCCCNC(=O)N1CCSCC1C(=O)O. The number of thioether (sulfide) groups is 2. The maximum atomic E-state index is 11.9. The van der Waals surface area contributed by atoms with Crippen LogP contribution in [0.15, 0.2) is 0 Å². The Balaban J connectivity index is 2.32. The maximum Gasteiger partial charge on any atom is 0.327 e. The van der Waals surface area contributed by atoms with Crippen LogP contribution in [-0.4, -0.2) is 64.1 Å². The van der Waals surface area contributed by atoms with E-state index < -0.39 is 12.0 Å². The number of carbonyl (C=O) groups excluding carboxylic acids is 1. The summed E-state index contributed by atoms with van der Waals surface area (Å²) in [6.07, 6.45) is 0.921. The smallest absolute Gasteiger partial charge is 0.327 e. The van der Waals surface area contributed by atoms with Crippen LogP contribution in [0.3, 0.4) is 0 Å². The summed E-state index contributed by atoms with van der Waals surface area (Å²) in [6, 6.07) is -0.932. The van der Waals surface area contributed by atoms with Gasteiger partial charge in [-0.25, -0.2) is 9.59 Å². The van der Waals surface area contributed by atoms with E-state index in [9.17, 15) is 9.59 Å². The summed E-state index contributed by atoms with van der Waals surface area (Å²) >= 11 is 3.42. The van der Waals surface area contributed by atoms with Crippen molar-refractivity contribution >= 4 is 35.5 Å². The Labute approximate surface area is 116 Å². The maximum absolute atomic E-state index is 11.9. The number of amides is 2. The van der Waals surface area contributed by atoms with Crippen LogP contribution >= 0.6 is 23.5 Å². The van der Waals surface area contributed by atoms with Gasteiger partial charge in [-0.05, 0) is 17.9 Å². The fourth-order valence-electron chi connectivity index (χ4n) is 1.67. The van der Waals surface area contributed by atoms with Crippen molar-refractivity contribution in [2.24, 2.45) is 0 Å². The molecule has 1 saturated heterocycles. The lowest BCUT2D eigenvalue weighted by Crippen LogP contribution is -2.53. The number of hydrogen-bond donors (Lipinski definition) is 2. The van der Waals surface area contributed by atoms with Crippen molar-refractivity contribution in [3.8, 4) is 0 Å². The Bertz CT molecular complexity index is 289. The van der Waals surface area contributed by atoms with Crippen molar-refractivity contribution in [1.29, 1.82) is 0 Å². The molecule has 1 aliphatic heterocycles. The van der Waals surface area contributed by atoms with Crippen molar-refractivity contribution in [1.82, 2.24) is 10.2 Å². The Hall–Kier alpha value is -0.560. The molecule has 1 atom stereocenters. The van der Waals surface area contributed by atoms with Crippen molar-refractivity contribution in [3.63, 3.8) is 0 Å². The first-order chi connectivity index (χ1) is 8.66. The second-order valence-corrected chi connectivity index (χ2v) is 6.45. The number of carboxylic acids is 1. The van der Waals surface area contributed by atoms with Gasteiger partial charge < -0.3 is 15.3 Å². The van der Waals surface area contributed by atoms with Gasteiger partial charge in [-0.2, -0.15) is 23.5 Å². The van der Waals surface area contributed by atoms with E-state index in [1.807, 2.05) is 11.8 Å². The van der Waals surface area contributed by atoms with Crippen LogP contribution in [0.1, 0.15) is 13.3 Å². The normalized spacial score (nSPS) is 19.6. The van der Waals surface area contributed by atoms with Gasteiger partial charge in [-0.1, -0.05) is 6.92 Å². The summed E-state index contributed by atoms with van der Waals surface area (Å²) in [5.41, 5.74) is 0. The van der Waals surface area contributed by atoms with Gasteiger partial charge in [0.1, 0.15) is 6.04 Å². The molecule has 0 aromatic rings. The molecule has 7 heteroatoms. The van der Waals surface area contributed by atoms with Gasteiger partial charge in [0.25, 0.3) is 0 Å². The van der Waals surface area contributed by atoms with E-state index >= 15 is 0 Å². The van der Waals surface area contributed by atoms with E-state index in [2.05, 4.69) is 12.2 Å². The molecule has 1 unspecified atom stereocenters. The third-order valence-electron chi connectivity index (χ3n) is 2.62. The lowest BCUT2D eigenvalue weighted by molar-refractivity contribution is -0.141. The second-order valence-electron chi connectivity index (χ2n) is 3.90. The van der Waals surface area contributed by atoms with Crippen LogP contribution < -0.4 is 5.32 Å². The van der Waals surface area contributed by atoms with E-state index in [1.54, 1.807) is 11.8 Å². The van der Waals surface area contributed by atoms with Gasteiger partial charge in [-0.15, -0.1) is 0 Å². The first-order valence-corrected chi connectivity index (χ1v) is 8.40. The van der Waals surface area contributed by atoms with Crippen molar-refractivity contribution in [3.05, 3.63) is 0 Å². The molecular formula is C11H20N2O3S2. The molecule has 0 radical (unpaired) electrons. The topological polar surface area (TPSA) is 69.6 Å². The van der Waals surface area contributed by atoms with Gasteiger partial charge in [0.05, 0.1) is 0 Å². The molecule has 0 spiro atoms. The number of carboxylic acid groups (broad SMARTS) is 1. The molecule has 1 fully saturated rings. The van der Waals surface area contributed by atoms with Gasteiger partial charge in [-0.3, -0.25) is 0 Å². The molecule has 1 rings (SSSR count). The zero-order chi connectivity index (χ0) is 13.4. The highest BCUT2D eigenvalue weighted by Gasteiger charge is 2.32. The molecule has 1 heterocycles. The fraction of sp³-hybridized carbons (Fsp3) is 0.818. The highest BCUT2D eigenvalue weighted by molar-refractivity contribution is 7.99. The summed E-state index contributed by atoms with van der Waals surface area (Å²) in [7, 11) is 0. The summed E-state index contributed by atoms with van der Waals surface area (Å²) < 4.78 is 0. The van der Waals surface area contributed by atoms with E-state index in [0.717, 1.165) is 23.7 Å². The lowest BCUT2D eigenvalue weighted by Gasteiger charge is -2.32. The molecule has 104 valence electrons. The van der Waals surface area contributed by atoms with Crippen LogP contribution in [0.25, 0.3) is 0 Å². The number of aliphatic carboxylic acids is 1. The molecule has 0 aliphatic carbocycles. The van der Waals surface area contributed by atoms with Gasteiger partial charge >= 0.3 is 12.0 Å². The van der Waals surface area contributed by atoms with Crippen molar-refractivity contribution in [2.75, 3.05) is 36.1 Å². The van der Waals surface area contributed by atoms with Gasteiger partial charge in [0.15, 0.2) is 0 Å². The van der Waals surface area contributed by atoms with Crippen LogP contribution in [-0.2, 0) is 4.79 Å². The molecule has 1 aliphatic rings. The zero-order valence-electron chi connectivity index (χ0n) is 10.6. The summed E-state index contributed by atoms with van der Waals surface area (Å²) in [6.45, 7) is 3.23. The Morgan fingerprint density at radius 2 is 2.33 bits per heavy atom. The Kier molecular flexibility index (Phi) is 7.34. The predicted octanol–water partition coefficient (Wildman–Crippen LogP) is 1.34. The number of nitrogens with one attached hydrogen (secondary N) is 1. The minimum Gasteiger partial charge on any atom is -0.480 e. The van der Waals surface area contributed by atoms with Crippen LogP contribution in [0.5, 0.6) is 0 Å². The highest BCUT2D eigenvalue weighted by Crippen LogP contribution is 2.16. The Morgan fingerprint density at radius 1 is 1.56 bits per heavy atom. The number of nitrogens with zero attached hydrogens (tertiary/aromatic N) is 1. The first kappa shape index (κ1) is 15.5. The second kappa shape index (κ2) is 8.53. The quantitative estimate of drug-likeness (QED) is 0.723. The molecule has 5 nitrogen and oxygen atoms in total. The fourth-order valence-corrected chi connectivity index (χ4v) is 3.34. The number of rotatable bonds is 6. The van der Waals surface area contributed by atoms with Crippen molar-refractivity contribution < 1.29 is 14.7 Å². The molecule has 18 heavy (non-hydrogen) atoms. The van der Waals surface area contributed by atoms with Crippen molar-refractivity contribution in [2.45, 2.75) is 19.4 Å². The zero-order valence-corrected chi connectivity index (χ0v) is 12.2.